The van der Waals surface area contributed by atoms with Crippen molar-refractivity contribution < 1.29 is 18.0 Å². The highest BCUT2D eigenvalue weighted by Crippen LogP contribution is 2.32. The molecule has 1 heterocycles. The molecule has 0 bridgehead atoms. The molecule has 0 fully saturated rings. The molecule has 2 aromatic rings. The number of aryl methyl sites for hydroxylation is 2. The van der Waals surface area contributed by atoms with Crippen LogP contribution in [-0.2, 0) is 17.5 Å². The molecule has 0 atom stereocenters. The predicted molar refractivity (Wildman–Crippen MR) is 90.2 cm³/mol. The highest BCUT2D eigenvalue weighted by Gasteiger charge is 2.31. The van der Waals surface area contributed by atoms with E-state index >= 15 is 0 Å². The van der Waals surface area contributed by atoms with Gasteiger partial charge in [0.1, 0.15) is 0 Å². The minimum atomic E-state index is -4.51. The van der Waals surface area contributed by atoms with Gasteiger partial charge in [-0.05, 0) is 43.7 Å². The van der Waals surface area contributed by atoms with Crippen LogP contribution < -0.4 is 11.1 Å². The summed E-state index contributed by atoms with van der Waals surface area (Å²) in [5.41, 5.74) is 6.48. The third kappa shape index (κ3) is 5.71. The van der Waals surface area contributed by atoms with Gasteiger partial charge in [-0.25, -0.2) is 9.97 Å². The van der Waals surface area contributed by atoms with E-state index in [1.165, 1.54) is 6.07 Å². The van der Waals surface area contributed by atoms with Crippen molar-refractivity contribution in [3.05, 3.63) is 46.8 Å². The summed E-state index contributed by atoms with van der Waals surface area (Å²) in [6.07, 6.45) is -4.51. The van der Waals surface area contributed by atoms with Gasteiger partial charge in [0.05, 0.1) is 11.3 Å². The number of hydrogen-bond donors (Lipinski definition) is 2. The minimum absolute atomic E-state index is 0.0168. The maximum absolute atomic E-state index is 12.9. The molecule has 9 heteroatoms. The first-order chi connectivity index (χ1) is 11.7. The number of amides is 1. The number of nitrogens with zero attached hydrogens (tertiary/aromatic N) is 2. The van der Waals surface area contributed by atoms with Gasteiger partial charge in [-0.15, -0.1) is 0 Å². The molecule has 0 aliphatic rings. The molecule has 0 spiro atoms. The smallest absolute Gasteiger partial charge is 0.326 e. The highest BCUT2D eigenvalue weighted by molar-refractivity contribution is 7.99. The fraction of sp³-hybridized carbons (Fsp3) is 0.312. The summed E-state index contributed by atoms with van der Waals surface area (Å²) in [4.78, 5) is 20.4. The van der Waals surface area contributed by atoms with Crippen molar-refractivity contribution in [2.75, 3.05) is 11.1 Å². The zero-order chi connectivity index (χ0) is 18.6. The van der Waals surface area contributed by atoms with Gasteiger partial charge in [-0.1, -0.05) is 11.8 Å². The van der Waals surface area contributed by atoms with E-state index in [9.17, 15) is 18.0 Å². The quantitative estimate of drug-likeness (QED) is 0.623. The summed E-state index contributed by atoms with van der Waals surface area (Å²) in [7, 11) is 0. The number of benzene rings is 1. The first-order valence-corrected chi connectivity index (χ1v) is 8.32. The molecule has 0 radical (unpaired) electrons. The number of nitrogens with two attached hydrogens (primary N) is 1. The molecular weight excluding hydrogens is 353 g/mol. The largest absolute Gasteiger partial charge is 0.416 e. The van der Waals surface area contributed by atoms with E-state index in [1.54, 1.807) is 6.07 Å². The van der Waals surface area contributed by atoms with E-state index < -0.39 is 17.6 Å². The van der Waals surface area contributed by atoms with Gasteiger partial charge < -0.3 is 11.1 Å². The molecule has 0 aliphatic carbocycles. The number of halogens is 3. The zero-order valence-corrected chi connectivity index (χ0v) is 14.5. The standard InChI is InChI=1S/C16H17F3N4OS/c1-9-3-10(2)22-15(21-9)25-8-14(24)23-13-5-11(7-20)4-12(6-13)16(17,18)19/h3-6H,7-8,20H2,1-2H3,(H,23,24). The Morgan fingerprint density at radius 1 is 1.16 bits per heavy atom. The van der Waals surface area contributed by atoms with E-state index in [1.807, 2.05) is 13.8 Å². The molecule has 1 aromatic heterocycles. The molecule has 0 saturated carbocycles. The molecule has 3 N–H and O–H groups in total. The molecule has 25 heavy (non-hydrogen) atoms. The van der Waals surface area contributed by atoms with Crippen LogP contribution in [0.3, 0.4) is 0 Å². The Bertz CT molecular complexity index is 760. The summed E-state index contributed by atoms with van der Waals surface area (Å²) in [5.74, 6) is -0.466. The lowest BCUT2D eigenvalue weighted by molar-refractivity contribution is -0.137. The number of hydrogen-bond acceptors (Lipinski definition) is 5. The second-order valence-electron chi connectivity index (χ2n) is 5.39. The molecule has 134 valence electrons. The summed E-state index contributed by atoms with van der Waals surface area (Å²) in [6, 6.07) is 5.08. The minimum Gasteiger partial charge on any atom is -0.326 e. The van der Waals surface area contributed by atoms with E-state index in [2.05, 4.69) is 15.3 Å². The first-order valence-electron chi connectivity index (χ1n) is 7.33. The third-order valence-electron chi connectivity index (χ3n) is 3.13. The second kappa shape index (κ2) is 7.83. The highest BCUT2D eigenvalue weighted by atomic mass is 32.2. The molecular formula is C16H17F3N4OS. The maximum atomic E-state index is 12.9. The van der Waals surface area contributed by atoms with Crippen LogP contribution in [0.1, 0.15) is 22.5 Å². The summed E-state index contributed by atoms with van der Waals surface area (Å²) >= 11 is 1.11. The zero-order valence-electron chi connectivity index (χ0n) is 13.6. The van der Waals surface area contributed by atoms with Crippen LogP contribution in [0.4, 0.5) is 18.9 Å². The van der Waals surface area contributed by atoms with E-state index in [0.29, 0.717) is 5.16 Å². The van der Waals surface area contributed by atoms with Crippen molar-refractivity contribution in [2.45, 2.75) is 31.7 Å². The van der Waals surface area contributed by atoms with Crippen molar-refractivity contribution >= 4 is 23.4 Å². The summed E-state index contributed by atoms with van der Waals surface area (Å²) in [5, 5.41) is 2.90. The lowest BCUT2D eigenvalue weighted by atomic mass is 10.1. The molecule has 0 aliphatic heterocycles. The van der Waals surface area contributed by atoms with Gasteiger partial charge in [0.2, 0.25) is 5.91 Å². The van der Waals surface area contributed by atoms with Crippen LogP contribution in [0.2, 0.25) is 0 Å². The Morgan fingerprint density at radius 3 is 2.36 bits per heavy atom. The average molecular weight is 370 g/mol. The van der Waals surface area contributed by atoms with Gasteiger partial charge in [0.15, 0.2) is 5.16 Å². The number of alkyl halides is 3. The normalized spacial score (nSPS) is 11.4. The van der Waals surface area contributed by atoms with Crippen LogP contribution >= 0.6 is 11.8 Å². The SMILES string of the molecule is Cc1cc(C)nc(SCC(=O)Nc2cc(CN)cc(C(F)(F)F)c2)n1. The van der Waals surface area contributed by atoms with Crippen LogP contribution in [0.5, 0.6) is 0 Å². The Labute approximate surface area is 147 Å². The number of carbonyl (C=O) groups is 1. The van der Waals surface area contributed by atoms with Crippen LogP contribution in [-0.4, -0.2) is 21.6 Å². The molecule has 5 nitrogen and oxygen atoms in total. The van der Waals surface area contributed by atoms with Crippen LogP contribution in [0.15, 0.2) is 29.4 Å². The lowest BCUT2D eigenvalue weighted by Gasteiger charge is -2.12. The molecule has 0 unspecified atom stereocenters. The third-order valence-corrected chi connectivity index (χ3v) is 3.98. The van der Waals surface area contributed by atoms with Gasteiger partial charge in [-0.3, -0.25) is 4.79 Å². The molecule has 2 rings (SSSR count). The monoisotopic (exact) mass is 370 g/mol. The lowest BCUT2D eigenvalue weighted by Crippen LogP contribution is -2.16. The number of anilines is 1. The summed E-state index contributed by atoms with van der Waals surface area (Å²) < 4.78 is 38.7. The topological polar surface area (TPSA) is 80.9 Å². The van der Waals surface area contributed by atoms with Crippen molar-refractivity contribution in [3.63, 3.8) is 0 Å². The van der Waals surface area contributed by atoms with Crippen molar-refractivity contribution in [2.24, 2.45) is 5.73 Å². The molecule has 0 saturated heterocycles. The molecule has 1 aromatic carbocycles. The fourth-order valence-electron chi connectivity index (χ4n) is 2.13. The van der Waals surface area contributed by atoms with Gasteiger partial charge in [-0.2, -0.15) is 13.2 Å². The predicted octanol–water partition coefficient (Wildman–Crippen LogP) is 3.30. The Morgan fingerprint density at radius 2 is 1.80 bits per heavy atom. The Kier molecular flexibility index (Phi) is 6.02. The maximum Gasteiger partial charge on any atom is 0.416 e. The number of aromatic nitrogens is 2. The van der Waals surface area contributed by atoms with Crippen LogP contribution in [0.25, 0.3) is 0 Å². The first kappa shape index (κ1) is 19.2. The van der Waals surface area contributed by atoms with E-state index in [-0.39, 0.29) is 23.5 Å². The second-order valence-corrected chi connectivity index (χ2v) is 6.33. The Hall–Kier alpha value is -2.13. The van der Waals surface area contributed by atoms with Gasteiger partial charge in [0.25, 0.3) is 0 Å². The average Bonchev–Trinajstić information content (AvgIpc) is 2.51. The van der Waals surface area contributed by atoms with Crippen molar-refractivity contribution in [1.82, 2.24) is 9.97 Å². The molecule has 1 amide bonds. The number of carbonyl (C=O) groups excluding carboxylic acids is 1. The Balaban J connectivity index is 2.07. The number of nitrogens with one attached hydrogen (secondary N) is 1. The van der Waals surface area contributed by atoms with Gasteiger partial charge >= 0.3 is 6.18 Å². The van der Waals surface area contributed by atoms with E-state index in [0.717, 1.165) is 35.3 Å². The van der Waals surface area contributed by atoms with Crippen molar-refractivity contribution in [3.8, 4) is 0 Å². The number of thioether (sulfide) groups is 1. The number of rotatable bonds is 5. The van der Waals surface area contributed by atoms with Gasteiger partial charge in [0, 0.05) is 23.6 Å². The van der Waals surface area contributed by atoms with E-state index in [4.69, 9.17) is 5.73 Å². The summed E-state index contributed by atoms with van der Waals surface area (Å²) in [6.45, 7) is 3.57. The van der Waals surface area contributed by atoms with Crippen molar-refractivity contribution in [1.29, 1.82) is 0 Å². The fourth-order valence-corrected chi connectivity index (χ4v) is 2.88. The van der Waals surface area contributed by atoms with Crippen LogP contribution in [0, 0.1) is 13.8 Å².